The van der Waals surface area contributed by atoms with Crippen molar-refractivity contribution in [3.05, 3.63) is 59.2 Å². The van der Waals surface area contributed by atoms with Crippen molar-refractivity contribution < 1.29 is 4.79 Å². The number of carbonyl (C=O) groups excluding carboxylic acids is 1. The molecule has 3 heterocycles. The summed E-state index contributed by atoms with van der Waals surface area (Å²) >= 11 is 0. The van der Waals surface area contributed by atoms with Crippen LogP contribution in [0.25, 0.3) is 11.1 Å². The predicted molar refractivity (Wildman–Crippen MR) is 113 cm³/mol. The van der Waals surface area contributed by atoms with Crippen LogP contribution in [0.4, 0.5) is 0 Å². The second-order valence-corrected chi connectivity index (χ2v) is 8.06. The third kappa shape index (κ3) is 3.82. The summed E-state index contributed by atoms with van der Waals surface area (Å²) < 4.78 is 3.80. The van der Waals surface area contributed by atoms with Gasteiger partial charge in [0.1, 0.15) is 0 Å². The topological polar surface area (TPSA) is 76.8 Å². The lowest BCUT2D eigenvalue weighted by Gasteiger charge is -2.23. The van der Waals surface area contributed by atoms with E-state index in [0.29, 0.717) is 24.7 Å². The van der Waals surface area contributed by atoms with Gasteiger partial charge < -0.3 is 10.6 Å². The van der Waals surface area contributed by atoms with Gasteiger partial charge in [0.05, 0.1) is 6.20 Å². The van der Waals surface area contributed by atoms with Crippen LogP contribution in [-0.2, 0) is 20.1 Å². The van der Waals surface area contributed by atoms with Gasteiger partial charge in [-0.05, 0) is 25.0 Å². The number of nitrogens with one attached hydrogen (secondary N) is 2. The summed E-state index contributed by atoms with van der Waals surface area (Å²) in [5, 5.41) is 15.3. The fourth-order valence-corrected chi connectivity index (χ4v) is 3.92. The molecule has 1 amide bonds. The molecule has 0 radical (unpaired) electrons. The van der Waals surface area contributed by atoms with E-state index in [4.69, 9.17) is 0 Å². The van der Waals surface area contributed by atoms with Gasteiger partial charge in [0.25, 0.3) is 5.91 Å². The molecule has 0 bridgehead atoms. The second-order valence-electron chi connectivity index (χ2n) is 8.06. The van der Waals surface area contributed by atoms with Crippen molar-refractivity contribution in [2.45, 2.75) is 45.8 Å². The summed E-state index contributed by atoms with van der Waals surface area (Å²) in [5.41, 5.74) is 5.99. The first-order valence-electron chi connectivity index (χ1n) is 10.1. The summed E-state index contributed by atoms with van der Waals surface area (Å²) in [4.78, 5) is 12.9. The third-order valence-electron chi connectivity index (χ3n) is 5.42. The number of nitrogens with zero attached hydrogens (tertiary/aromatic N) is 4. The minimum Gasteiger partial charge on any atom is -0.347 e. The molecule has 2 N–H and O–H groups in total. The van der Waals surface area contributed by atoms with E-state index in [2.05, 4.69) is 53.7 Å². The monoisotopic (exact) mass is 392 g/mol. The van der Waals surface area contributed by atoms with E-state index in [1.54, 1.807) is 4.68 Å². The Morgan fingerprint density at radius 3 is 2.69 bits per heavy atom. The first kappa shape index (κ1) is 19.4. The zero-order chi connectivity index (χ0) is 20.5. The van der Waals surface area contributed by atoms with Gasteiger partial charge in [-0.2, -0.15) is 10.2 Å². The Balaban J connectivity index is 1.48. The molecule has 0 saturated carbocycles. The van der Waals surface area contributed by atoms with Crippen molar-refractivity contribution in [1.82, 2.24) is 30.2 Å². The number of benzene rings is 1. The summed E-state index contributed by atoms with van der Waals surface area (Å²) in [6.07, 6.45) is 3.83. The standard InChI is InChI=1S/C22H28N6O/c1-14(2)28-21-15(3)9-23-12-19(21)20(26-28)22(29)24-10-16-5-7-17(8-6-16)18-11-25-27(4)13-18/h5-8,11,13-15,23H,9-10,12H2,1-4H3,(H,24,29). The Bertz CT molecular complexity index is 1010. The van der Waals surface area contributed by atoms with Crippen LogP contribution >= 0.6 is 0 Å². The molecule has 0 aliphatic carbocycles. The molecule has 1 atom stereocenters. The molecular weight excluding hydrogens is 364 g/mol. The molecule has 152 valence electrons. The second kappa shape index (κ2) is 7.83. The molecule has 2 aromatic heterocycles. The Labute approximate surface area is 171 Å². The molecule has 4 rings (SSSR count). The van der Waals surface area contributed by atoms with Crippen LogP contribution in [0.2, 0.25) is 0 Å². The van der Waals surface area contributed by atoms with Gasteiger partial charge in [0.2, 0.25) is 0 Å². The normalized spacial score (nSPS) is 16.1. The highest BCUT2D eigenvalue weighted by atomic mass is 16.2. The van der Waals surface area contributed by atoms with E-state index in [1.165, 1.54) is 5.69 Å². The van der Waals surface area contributed by atoms with Gasteiger partial charge in [-0.1, -0.05) is 31.2 Å². The van der Waals surface area contributed by atoms with E-state index in [1.807, 2.05) is 36.3 Å². The van der Waals surface area contributed by atoms with Crippen molar-refractivity contribution in [3.63, 3.8) is 0 Å². The van der Waals surface area contributed by atoms with Crippen LogP contribution in [-0.4, -0.2) is 32.0 Å². The Morgan fingerprint density at radius 1 is 1.28 bits per heavy atom. The number of carbonyl (C=O) groups is 1. The van der Waals surface area contributed by atoms with E-state index in [0.717, 1.165) is 28.8 Å². The highest BCUT2D eigenvalue weighted by Crippen LogP contribution is 2.28. The Hall–Kier alpha value is -2.93. The average molecular weight is 393 g/mol. The van der Waals surface area contributed by atoms with E-state index in [-0.39, 0.29) is 11.9 Å². The first-order chi connectivity index (χ1) is 13.9. The van der Waals surface area contributed by atoms with Crippen LogP contribution in [0.3, 0.4) is 0 Å². The summed E-state index contributed by atoms with van der Waals surface area (Å²) in [6, 6.07) is 8.41. The van der Waals surface area contributed by atoms with Crippen molar-refractivity contribution in [3.8, 4) is 11.1 Å². The maximum absolute atomic E-state index is 12.9. The lowest BCUT2D eigenvalue weighted by atomic mass is 9.97. The molecule has 1 aromatic carbocycles. The highest BCUT2D eigenvalue weighted by Gasteiger charge is 2.29. The molecule has 7 heteroatoms. The summed E-state index contributed by atoms with van der Waals surface area (Å²) in [6.45, 7) is 8.46. The van der Waals surface area contributed by atoms with Crippen LogP contribution in [0.1, 0.15) is 60.0 Å². The average Bonchev–Trinajstić information content (AvgIpc) is 3.31. The summed E-state index contributed by atoms with van der Waals surface area (Å²) in [7, 11) is 1.91. The van der Waals surface area contributed by atoms with Gasteiger partial charge in [0.15, 0.2) is 5.69 Å². The van der Waals surface area contributed by atoms with E-state index < -0.39 is 0 Å². The number of hydrogen-bond acceptors (Lipinski definition) is 4. The third-order valence-corrected chi connectivity index (χ3v) is 5.42. The highest BCUT2D eigenvalue weighted by molar-refractivity contribution is 5.94. The van der Waals surface area contributed by atoms with Gasteiger partial charge in [-0.25, -0.2) is 0 Å². The SMILES string of the molecule is CC1CNCc2c(C(=O)NCc3ccc(-c4cnn(C)c4)cc3)nn(C(C)C)c21. The largest absolute Gasteiger partial charge is 0.347 e. The Morgan fingerprint density at radius 2 is 2.03 bits per heavy atom. The molecule has 7 nitrogen and oxygen atoms in total. The smallest absolute Gasteiger partial charge is 0.272 e. The zero-order valence-electron chi connectivity index (χ0n) is 17.4. The lowest BCUT2D eigenvalue weighted by molar-refractivity contribution is 0.0944. The van der Waals surface area contributed by atoms with E-state index >= 15 is 0 Å². The number of fused-ring (bicyclic) bond motifs is 1. The quantitative estimate of drug-likeness (QED) is 0.700. The van der Waals surface area contributed by atoms with E-state index in [9.17, 15) is 4.79 Å². The van der Waals surface area contributed by atoms with Crippen molar-refractivity contribution in [2.75, 3.05) is 6.54 Å². The molecule has 0 saturated heterocycles. The van der Waals surface area contributed by atoms with Gasteiger partial charge >= 0.3 is 0 Å². The molecule has 1 aliphatic heterocycles. The fraction of sp³-hybridized carbons (Fsp3) is 0.409. The maximum atomic E-state index is 12.9. The van der Waals surface area contributed by atoms with Crippen LogP contribution < -0.4 is 10.6 Å². The minimum atomic E-state index is -0.118. The number of amides is 1. The van der Waals surface area contributed by atoms with Crippen LogP contribution in [0.5, 0.6) is 0 Å². The van der Waals surface area contributed by atoms with Gasteiger partial charge in [0, 0.05) is 61.7 Å². The minimum absolute atomic E-state index is 0.118. The molecule has 1 aliphatic rings. The Kier molecular flexibility index (Phi) is 5.24. The fourth-order valence-electron chi connectivity index (χ4n) is 3.92. The van der Waals surface area contributed by atoms with Gasteiger partial charge in [-0.15, -0.1) is 0 Å². The zero-order valence-corrected chi connectivity index (χ0v) is 17.4. The summed E-state index contributed by atoms with van der Waals surface area (Å²) in [5.74, 6) is 0.225. The maximum Gasteiger partial charge on any atom is 0.272 e. The number of aryl methyl sites for hydroxylation is 1. The van der Waals surface area contributed by atoms with Crippen LogP contribution in [0.15, 0.2) is 36.7 Å². The molecule has 0 spiro atoms. The molecular formula is C22H28N6O. The van der Waals surface area contributed by atoms with Crippen molar-refractivity contribution in [1.29, 1.82) is 0 Å². The number of hydrogen-bond donors (Lipinski definition) is 2. The predicted octanol–water partition coefficient (Wildman–Crippen LogP) is 3.00. The van der Waals surface area contributed by atoms with Crippen molar-refractivity contribution in [2.24, 2.45) is 7.05 Å². The molecule has 0 fully saturated rings. The van der Waals surface area contributed by atoms with Crippen LogP contribution in [0, 0.1) is 0 Å². The molecule has 29 heavy (non-hydrogen) atoms. The van der Waals surface area contributed by atoms with Crippen molar-refractivity contribution >= 4 is 5.91 Å². The number of rotatable bonds is 5. The molecule has 1 unspecified atom stereocenters. The first-order valence-corrected chi connectivity index (χ1v) is 10.1. The number of aromatic nitrogens is 4. The molecule has 3 aromatic rings. The van der Waals surface area contributed by atoms with Gasteiger partial charge in [-0.3, -0.25) is 14.2 Å². The lowest BCUT2D eigenvalue weighted by Crippen LogP contribution is -2.30.